The van der Waals surface area contributed by atoms with Gasteiger partial charge >= 0.3 is 0 Å². The van der Waals surface area contributed by atoms with E-state index in [1.807, 2.05) is 0 Å². The van der Waals surface area contributed by atoms with Gasteiger partial charge in [-0.15, -0.1) is 0 Å². The summed E-state index contributed by atoms with van der Waals surface area (Å²) in [5.74, 6) is 2.73. The average molecular weight is 271 g/mol. The smallest absolute Gasteiger partial charge is 0.00981 e. The summed E-state index contributed by atoms with van der Waals surface area (Å²) in [7, 11) is 0. The summed E-state index contributed by atoms with van der Waals surface area (Å²) < 4.78 is 0. The molecule has 0 radical (unpaired) electrons. The fourth-order valence-corrected chi connectivity index (χ4v) is 4.20. The van der Waals surface area contributed by atoms with Crippen molar-refractivity contribution in [1.29, 1.82) is 0 Å². The van der Waals surface area contributed by atoms with Crippen molar-refractivity contribution >= 4 is 0 Å². The average Bonchev–Trinajstić information content (AvgIpc) is 3.29. The van der Waals surface area contributed by atoms with E-state index in [0.717, 1.165) is 23.8 Å². The van der Waals surface area contributed by atoms with Crippen LogP contribution in [-0.4, -0.2) is 12.6 Å². The Morgan fingerprint density at radius 2 is 1.80 bits per heavy atom. The number of rotatable bonds is 5. The molecule has 0 aromatic heterocycles. The quantitative estimate of drug-likeness (QED) is 0.763. The van der Waals surface area contributed by atoms with E-state index < -0.39 is 0 Å². The van der Waals surface area contributed by atoms with Crippen molar-refractivity contribution < 1.29 is 0 Å². The third-order valence-corrected chi connectivity index (χ3v) is 5.34. The summed E-state index contributed by atoms with van der Waals surface area (Å²) in [4.78, 5) is 0. The van der Waals surface area contributed by atoms with Crippen LogP contribution in [-0.2, 0) is 0 Å². The van der Waals surface area contributed by atoms with Crippen LogP contribution in [0.4, 0.5) is 0 Å². The molecule has 110 valence electrons. The van der Waals surface area contributed by atoms with Crippen molar-refractivity contribution in [2.45, 2.75) is 63.8 Å². The monoisotopic (exact) mass is 271 g/mol. The third-order valence-electron chi connectivity index (χ3n) is 5.34. The maximum atomic E-state index is 3.85. The molecular formula is C19H29N. The lowest BCUT2D eigenvalue weighted by Crippen LogP contribution is -2.37. The van der Waals surface area contributed by atoms with Crippen molar-refractivity contribution in [1.82, 2.24) is 5.32 Å². The van der Waals surface area contributed by atoms with Crippen LogP contribution in [0.1, 0.15) is 63.4 Å². The molecule has 0 saturated heterocycles. The molecular weight excluding hydrogens is 242 g/mol. The molecule has 0 aliphatic heterocycles. The number of nitrogens with one attached hydrogen (secondary N) is 1. The SMILES string of the molecule is CCCNC1CCCCCC1C1CC1c1ccccc1. The summed E-state index contributed by atoms with van der Waals surface area (Å²) in [6.45, 7) is 3.48. The van der Waals surface area contributed by atoms with Gasteiger partial charge in [-0.2, -0.15) is 0 Å². The number of hydrogen-bond donors (Lipinski definition) is 1. The highest BCUT2D eigenvalue weighted by molar-refractivity contribution is 5.26. The molecule has 2 aliphatic rings. The van der Waals surface area contributed by atoms with Gasteiger partial charge in [-0.25, -0.2) is 0 Å². The fraction of sp³-hybridized carbons (Fsp3) is 0.684. The second-order valence-electron chi connectivity index (χ2n) is 6.78. The molecule has 4 atom stereocenters. The Kier molecular flexibility index (Phi) is 4.77. The number of benzene rings is 1. The molecule has 1 heteroatoms. The first-order chi connectivity index (χ1) is 9.90. The first kappa shape index (κ1) is 14.1. The first-order valence-electron chi connectivity index (χ1n) is 8.68. The minimum Gasteiger partial charge on any atom is -0.314 e. The summed E-state index contributed by atoms with van der Waals surface area (Å²) in [6, 6.07) is 12.0. The molecule has 0 heterocycles. The van der Waals surface area contributed by atoms with Crippen molar-refractivity contribution in [3.8, 4) is 0 Å². The largest absolute Gasteiger partial charge is 0.314 e. The summed E-state index contributed by atoms with van der Waals surface area (Å²) in [6.07, 6.45) is 9.88. The lowest BCUT2D eigenvalue weighted by molar-refractivity contribution is 0.297. The summed E-state index contributed by atoms with van der Waals surface area (Å²) in [5.41, 5.74) is 1.58. The Bertz CT molecular complexity index is 399. The highest BCUT2D eigenvalue weighted by Crippen LogP contribution is 2.54. The summed E-state index contributed by atoms with van der Waals surface area (Å²) in [5, 5.41) is 3.85. The topological polar surface area (TPSA) is 12.0 Å². The molecule has 1 aromatic carbocycles. The van der Waals surface area contributed by atoms with Crippen LogP contribution in [0.15, 0.2) is 30.3 Å². The minimum atomic E-state index is 0.788. The Morgan fingerprint density at radius 1 is 1.00 bits per heavy atom. The summed E-state index contributed by atoms with van der Waals surface area (Å²) >= 11 is 0. The Hall–Kier alpha value is -0.820. The van der Waals surface area contributed by atoms with Crippen molar-refractivity contribution in [3.63, 3.8) is 0 Å². The molecule has 4 unspecified atom stereocenters. The standard InChI is InChI=1S/C19H29N/c1-2-13-20-19-12-8-4-7-11-16(19)18-14-17(18)15-9-5-3-6-10-15/h3,5-6,9-10,16-20H,2,4,7-8,11-14H2,1H3. The molecule has 1 aromatic rings. The van der Waals surface area contributed by atoms with Crippen LogP contribution in [0, 0.1) is 11.8 Å². The van der Waals surface area contributed by atoms with Gasteiger partial charge in [0.1, 0.15) is 0 Å². The zero-order valence-corrected chi connectivity index (χ0v) is 12.9. The van der Waals surface area contributed by atoms with Crippen LogP contribution >= 0.6 is 0 Å². The maximum absolute atomic E-state index is 3.85. The van der Waals surface area contributed by atoms with Gasteiger partial charge in [0.25, 0.3) is 0 Å². The second-order valence-corrected chi connectivity index (χ2v) is 6.78. The molecule has 3 rings (SSSR count). The lowest BCUT2D eigenvalue weighted by Gasteiger charge is -2.27. The van der Waals surface area contributed by atoms with Crippen molar-refractivity contribution in [2.75, 3.05) is 6.54 Å². The van der Waals surface area contributed by atoms with E-state index in [-0.39, 0.29) is 0 Å². The molecule has 2 fully saturated rings. The van der Waals surface area contributed by atoms with Gasteiger partial charge in [0.2, 0.25) is 0 Å². The first-order valence-corrected chi connectivity index (χ1v) is 8.68. The Morgan fingerprint density at radius 3 is 2.60 bits per heavy atom. The lowest BCUT2D eigenvalue weighted by atomic mass is 9.88. The van der Waals surface area contributed by atoms with Gasteiger partial charge in [0.15, 0.2) is 0 Å². The predicted octanol–water partition coefficient (Wildman–Crippen LogP) is 4.74. The molecule has 2 saturated carbocycles. The highest BCUT2D eigenvalue weighted by Gasteiger charge is 2.46. The second kappa shape index (κ2) is 6.76. The molecule has 1 N–H and O–H groups in total. The molecule has 2 aliphatic carbocycles. The van der Waals surface area contributed by atoms with E-state index in [9.17, 15) is 0 Å². The normalized spacial score (nSPS) is 33.6. The van der Waals surface area contributed by atoms with Crippen molar-refractivity contribution in [2.24, 2.45) is 11.8 Å². The molecule has 20 heavy (non-hydrogen) atoms. The Labute approximate surface area is 124 Å². The van der Waals surface area contributed by atoms with Crippen LogP contribution < -0.4 is 5.32 Å². The molecule has 1 nitrogen and oxygen atoms in total. The molecule has 0 bridgehead atoms. The zero-order chi connectivity index (χ0) is 13.8. The van der Waals surface area contributed by atoms with E-state index >= 15 is 0 Å². The van der Waals surface area contributed by atoms with E-state index in [1.165, 1.54) is 51.5 Å². The molecule has 0 amide bonds. The van der Waals surface area contributed by atoms with Gasteiger partial charge in [-0.1, -0.05) is 56.5 Å². The van der Waals surface area contributed by atoms with Crippen LogP contribution in [0.3, 0.4) is 0 Å². The van der Waals surface area contributed by atoms with Crippen LogP contribution in [0.2, 0.25) is 0 Å². The highest BCUT2D eigenvalue weighted by atomic mass is 14.9. The molecule has 0 spiro atoms. The van der Waals surface area contributed by atoms with Gasteiger partial charge in [0.05, 0.1) is 0 Å². The predicted molar refractivity (Wildman–Crippen MR) is 85.9 cm³/mol. The van der Waals surface area contributed by atoms with Crippen molar-refractivity contribution in [3.05, 3.63) is 35.9 Å². The number of hydrogen-bond acceptors (Lipinski definition) is 1. The van der Waals surface area contributed by atoms with E-state index in [4.69, 9.17) is 0 Å². The van der Waals surface area contributed by atoms with E-state index in [0.29, 0.717) is 0 Å². The maximum Gasteiger partial charge on any atom is 0.00981 e. The zero-order valence-electron chi connectivity index (χ0n) is 12.9. The van der Waals surface area contributed by atoms with E-state index in [1.54, 1.807) is 5.56 Å². The van der Waals surface area contributed by atoms with E-state index in [2.05, 4.69) is 42.6 Å². The van der Waals surface area contributed by atoms with Gasteiger partial charge < -0.3 is 5.32 Å². The van der Waals surface area contributed by atoms with Crippen LogP contribution in [0.5, 0.6) is 0 Å². The minimum absolute atomic E-state index is 0.788. The Balaban J connectivity index is 1.65. The van der Waals surface area contributed by atoms with Gasteiger partial charge in [0, 0.05) is 6.04 Å². The third kappa shape index (κ3) is 3.25. The van der Waals surface area contributed by atoms with Crippen LogP contribution in [0.25, 0.3) is 0 Å². The van der Waals surface area contributed by atoms with Gasteiger partial charge in [-0.3, -0.25) is 0 Å². The van der Waals surface area contributed by atoms with Gasteiger partial charge in [-0.05, 0) is 55.5 Å². The fourth-order valence-electron chi connectivity index (χ4n) is 4.20.